The van der Waals surface area contributed by atoms with Crippen LogP contribution in [-0.4, -0.2) is 71.8 Å². The van der Waals surface area contributed by atoms with Crippen LogP contribution in [0.5, 0.6) is 5.75 Å². The number of rotatable bonds is 2. The molecule has 3 N–H and O–H groups in total. The van der Waals surface area contributed by atoms with Crippen molar-refractivity contribution in [2.45, 2.75) is 44.1 Å². The Hall–Kier alpha value is -2.33. The van der Waals surface area contributed by atoms with Gasteiger partial charge in [0, 0.05) is 38.2 Å². The van der Waals surface area contributed by atoms with Crippen molar-refractivity contribution in [3.63, 3.8) is 0 Å². The summed E-state index contributed by atoms with van der Waals surface area (Å²) in [5.74, 6) is 1.07. The van der Waals surface area contributed by atoms with Crippen LogP contribution < -0.4 is 10.5 Å². The van der Waals surface area contributed by atoms with E-state index in [0.717, 1.165) is 62.2 Å². The number of nitrogens with zero attached hydrogens (tertiary/aromatic N) is 4. The Morgan fingerprint density at radius 3 is 2.65 bits per heavy atom. The van der Waals surface area contributed by atoms with E-state index in [9.17, 15) is 8.42 Å². The second-order valence-electron chi connectivity index (χ2n) is 9.54. The number of fused-ring (bicyclic) bond motifs is 1. The minimum Gasteiger partial charge on any atom is -0.485 e. The van der Waals surface area contributed by atoms with Gasteiger partial charge in [0.25, 0.3) is 0 Å². The van der Waals surface area contributed by atoms with E-state index in [4.69, 9.17) is 15.7 Å². The van der Waals surface area contributed by atoms with Crippen LogP contribution in [-0.2, 0) is 16.4 Å². The Morgan fingerprint density at radius 2 is 2.03 bits per heavy atom. The molecule has 4 aliphatic rings. The third kappa shape index (κ3) is 3.65. The summed E-state index contributed by atoms with van der Waals surface area (Å²) in [6.45, 7) is 2.51. The van der Waals surface area contributed by atoms with Gasteiger partial charge < -0.3 is 20.6 Å². The van der Waals surface area contributed by atoms with Crippen molar-refractivity contribution in [1.82, 2.24) is 14.2 Å². The zero-order valence-electron chi connectivity index (χ0n) is 17.7. The van der Waals surface area contributed by atoms with Crippen LogP contribution in [0.1, 0.15) is 43.4 Å². The van der Waals surface area contributed by atoms with Gasteiger partial charge in [-0.1, -0.05) is 11.2 Å². The highest BCUT2D eigenvalue weighted by molar-refractivity contribution is 7.88. The summed E-state index contributed by atoms with van der Waals surface area (Å²) in [5.41, 5.74) is 9.10. The second kappa shape index (κ2) is 7.09. The SMILES string of the molecule is CS(=O)(=O)N1CC=C(c2cc3c(cn2)OC2(C3)CC3(CCN(C(N)=NO)CC3)C2)CC1. The number of sulfonamides is 1. The van der Waals surface area contributed by atoms with E-state index in [1.165, 1.54) is 16.1 Å². The van der Waals surface area contributed by atoms with E-state index >= 15 is 0 Å². The highest BCUT2D eigenvalue weighted by atomic mass is 32.2. The molecule has 5 rings (SSSR count). The number of nitrogens with two attached hydrogens (primary N) is 1. The molecule has 0 atom stereocenters. The first kappa shape index (κ1) is 20.6. The van der Waals surface area contributed by atoms with Gasteiger partial charge in [-0.2, -0.15) is 4.31 Å². The normalized spacial score (nSPS) is 25.1. The number of oxime groups is 1. The van der Waals surface area contributed by atoms with Crippen molar-refractivity contribution in [3.8, 4) is 5.75 Å². The molecule has 4 heterocycles. The van der Waals surface area contributed by atoms with Crippen molar-refractivity contribution in [2.75, 3.05) is 32.4 Å². The fraction of sp³-hybridized carbons (Fsp3) is 0.619. The topological polar surface area (TPSA) is 121 Å². The molecule has 0 amide bonds. The Balaban J connectivity index is 1.24. The number of hydrogen-bond donors (Lipinski definition) is 2. The lowest BCUT2D eigenvalue weighted by Crippen LogP contribution is -2.59. The van der Waals surface area contributed by atoms with Gasteiger partial charge in [-0.25, -0.2) is 8.42 Å². The summed E-state index contributed by atoms with van der Waals surface area (Å²) in [6, 6.07) is 2.12. The number of pyridine rings is 1. The van der Waals surface area contributed by atoms with Gasteiger partial charge in [-0.05, 0) is 49.2 Å². The van der Waals surface area contributed by atoms with E-state index in [2.05, 4.69) is 16.2 Å². The Bertz CT molecular complexity index is 1050. The first-order valence-corrected chi connectivity index (χ1v) is 12.6. The predicted molar refractivity (Wildman–Crippen MR) is 116 cm³/mol. The number of hydrogen-bond acceptors (Lipinski definition) is 6. The van der Waals surface area contributed by atoms with Crippen LogP contribution in [0.3, 0.4) is 0 Å². The maximum Gasteiger partial charge on any atom is 0.233 e. The average molecular weight is 448 g/mol. The Labute approximate surface area is 182 Å². The molecule has 0 aromatic carbocycles. The quantitative estimate of drug-likeness (QED) is 0.304. The van der Waals surface area contributed by atoms with Gasteiger partial charge in [0.1, 0.15) is 11.4 Å². The van der Waals surface area contributed by atoms with Crippen molar-refractivity contribution in [1.29, 1.82) is 0 Å². The molecule has 1 saturated heterocycles. The van der Waals surface area contributed by atoms with Crippen LogP contribution >= 0.6 is 0 Å². The highest BCUT2D eigenvalue weighted by Gasteiger charge is 2.59. The van der Waals surface area contributed by atoms with Crippen molar-refractivity contribution >= 4 is 21.6 Å². The molecule has 168 valence electrons. The fourth-order valence-electron chi connectivity index (χ4n) is 5.83. The summed E-state index contributed by atoms with van der Waals surface area (Å²) in [7, 11) is -3.16. The number of ether oxygens (including phenoxy) is 1. The average Bonchev–Trinajstić information content (AvgIpc) is 3.10. The third-order valence-corrected chi connectivity index (χ3v) is 8.67. The highest BCUT2D eigenvalue weighted by Crippen LogP contribution is 2.60. The van der Waals surface area contributed by atoms with E-state index < -0.39 is 10.0 Å². The lowest BCUT2D eigenvalue weighted by molar-refractivity contribution is -0.116. The molecule has 1 aromatic heterocycles. The zero-order valence-corrected chi connectivity index (χ0v) is 18.6. The molecule has 3 aliphatic heterocycles. The molecular formula is C21H29N5O4S. The molecule has 0 radical (unpaired) electrons. The first-order chi connectivity index (χ1) is 14.7. The number of piperidine rings is 1. The maximum atomic E-state index is 11.7. The minimum atomic E-state index is -3.16. The van der Waals surface area contributed by atoms with E-state index in [-0.39, 0.29) is 17.0 Å². The Kier molecular flexibility index (Phi) is 4.71. The predicted octanol–water partition coefficient (Wildman–Crippen LogP) is 1.38. The molecule has 2 fully saturated rings. The fourth-order valence-corrected chi connectivity index (χ4v) is 6.60. The summed E-state index contributed by atoms with van der Waals surface area (Å²) in [6.07, 6.45) is 10.7. The standard InChI is InChI=1S/C21H29N5O4S/c1-31(28,29)26-6-2-15(3-7-26)17-10-16-11-21(30-18(16)12-23-17)13-20(14-21)4-8-25(9-5-20)19(22)24-27/h2,10,12,27H,3-9,11,13-14H2,1H3,(H2,22,24). The van der Waals surface area contributed by atoms with E-state index in [0.29, 0.717) is 19.5 Å². The van der Waals surface area contributed by atoms with Gasteiger partial charge in [0.05, 0.1) is 18.1 Å². The first-order valence-electron chi connectivity index (χ1n) is 10.8. The third-order valence-electron chi connectivity index (χ3n) is 7.40. The van der Waals surface area contributed by atoms with Crippen LogP contribution in [0.2, 0.25) is 0 Å². The maximum absolute atomic E-state index is 11.7. The molecule has 2 spiro atoms. The summed E-state index contributed by atoms with van der Waals surface area (Å²) < 4.78 is 31.3. The molecule has 0 bridgehead atoms. The number of guanidine groups is 1. The summed E-state index contributed by atoms with van der Waals surface area (Å²) in [4.78, 5) is 6.54. The molecule has 1 saturated carbocycles. The number of likely N-dealkylation sites (tertiary alicyclic amines) is 1. The molecule has 1 aliphatic carbocycles. The smallest absolute Gasteiger partial charge is 0.233 e. The molecular weight excluding hydrogens is 418 g/mol. The van der Waals surface area contributed by atoms with Crippen molar-refractivity contribution in [2.24, 2.45) is 16.3 Å². The van der Waals surface area contributed by atoms with Gasteiger partial charge in [-0.3, -0.25) is 4.98 Å². The van der Waals surface area contributed by atoms with Gasteiger partial charge in [0.15, 0.2) is 0 Å². The molecule has 1 aromatic rings. The van der Waals surface area contributed by atoms with Crippen molar-refractivity contribution < 1.29 is 18.4 Å². The van der Waals surface area contributed by atoms with E-state index in [1.54, 1.807) is 0 Å². The van der Waals surface area contributed by atoms with Gasteiger partial charge >= 0.3 is 0 Å². The molecule has 0 unspecified atom stereocenters. The lowest BCUT2D eigenvalue weighted by Gasteiger charge is -2.57. The molecule has 31 heavy (non-hydrogen) atoms. The Morgan fingerprint density at radius 1 is 1.29 bits per heavy atom. The zero-order chi connectivity index (χ0) is 21.9. The number of aromatic nitrogens is 1. The monoisotopic (exact) mass is 447 g/mol. The van der Waals surface area contributed by atoms with Crippen LogP contribution in [0.4, 0.5) is 0 Å². The van der Waals surface area contributed by atoms with Crippen LogP contribution in [0, 0.1) is 5.41 Å². The minimum absolute atomic E-state index is 0.130. The van der Waals surface area contributed by atoms with E-state index in [1.807, 2.05) is 17.2 Å². The van der Waals surface area contributed by atoms with Gasteiger partial charge in [-0.15, -0.1) is 0 Å². The van der Waals surface area contributed by atoms with Crippen LogP contribution in [0.25, 0.3) is 5.57 Å². The van der Waals surface area contributed by atoms with Crippen molar-refractivity contribution in [3.05, 3.63) is 29.6 Å². The van der Waals surface area contributed by atoms with Crippen LogP contribution in [0.15, 0.2) is 23.5 Å². The van der Waals surface area contributed by atoms with Gasteiger partial charge in [0.2, 0.25) is 16.0 Å². The second-order valence-corrected chi connectivity index (χ2v) is 11.5. The lowest BCUT2D eigenvalue weighted by atomic mass is 9.54. The largest absolute Gasteiger partial charge is 0.485 e. The molecule has 9 nitrogen and oxygen atoms in total. The molecule has 10 heteroatoms. The summed E-state index contributed by atoms with van der Waals surface area (Å²) in [5, 5.41) is 12.0. The summed E-state index contributed by atoms with van der Waals surface area (Å²) >= 11 is 0.